The van der Waals surface area contributed by atoms with Gasteiger partial charge in [0.25, 0.3) is 0 Å². The topological polar surface area (TPSA) is 113 Å². The smallest absolute Gasteiger partial charge is 0.311 e. The van der Waals surface area contributed by atoms with Crippen LogP contribution >= 0.6 is 31.9 Å². The summed E-state index contributed by atoms with van der Waals surface area (Å²) in [5.41, 5.74) is 4.38. The third-order valence-corrected chi connectivity index (χ3v) is 5.84. The van der Waals surface area contributed by atoms with Crippen LogP contribution in [0.3, 0.4) is 0 Å². The van der Waals surface area contributed by atoms with E-state index in [0.717, 1.165) is 11.3 Å². The molecule has 0 bridgehead atoms. The van der Waals surface area contributed by atoms with Crippen molar-refractivity contribution in [2.75, 3.05) is 0 Å². The van der Waals surface area contributed by atoms with E-state index in [-0.39, 0.29) is 26.3 Å². The number of carbonyl (C=O) groups is 1. The van der Waals surface area contributed by atoms with E-state index in [1.165, 1.54) is 12.3 Å². The van der Waals surface area contributed by atoms with Gasteiger partial charge in [-0.2, -0.15) is 5.10 Å². The Morgan fingerprint density at radius 2 is 1.66 bits per heavy atom. The van der Waals surface area contributed by atoms with E-state index in [1.54, 1.807) is 4.68 Å². The van der Waals surface area contributed by atoms with Crippen molar-refractivity contribution in [2.45, 2.75) is 0 Å². The molecule has 0 fully saturated rings. The molecule has 160 valence electrons. The third kappa shape index (κ3) is 4.41. The molecule has 3 aromatic carbocycles. The fourth-order valence-electron chi connectivity index (χ4n) is 2.86. The van der Waals surface area contributed by atoms with E-state index >= 15 is 0 Å². The Morgan fingerprint density at radius 1 is 1.00 bits per heavy atom. The van der Waals surface area contributed by atoms with Crippen molar-refractivity contribution in [3.63, 3.8) is 0 Å². The van der Waals surface area contributed by atoms with Gasteiger partial charge in [-0.3, -0.25) is 4.79 Å². The summed E-state index contributed by atoms with van der Waals surface area (Å²) in [7, 11) is 0. The summed E-state index contributed by atoms with van der Waals surface area (Å²) in [6.45, 7) is 0. The zero-order valence-electron chi connectivity index (χ0n) is 16.3. The number of hydrogen-bond donors (Lipinski definition) is 3. The number of nitrogens with one attached hydrogen (secondary N) is 1. The van der Waals surface area contributed by atoms with Crippen LogP contribution in [0.25, 0.3) is 17.1 Å². The van der Waals surface area contributed by atoms with Crippen LogP contribution in [-0.4, -0.2) is 37.1 Å². The number of aromatic hydroxyl groups is 2. The van der Waals surface area contributed by atoms with E-state index in [9.17, 15) is 15.0 Å². The van der Waals surface area contributed by atoms with Crippen molar-refractivity contribution in [3.8, 4) is 28.6 Å². The predicted molar refractivity (Wildman–Crippen MR) is 127 cm³/mol. The lowest BCUT2D eigenvalue weighted by molar-refractivity contribution is 0.0945. The minimum atomic E-state index is -0.605. The quantitative estimate of drug-likeness (QED) is 0.188. The van der Waals surface area contributed by atoms with Crippen LogP contribution in [0, 0.1) is 0 Å². The largest absolute Gasteiger partial charge is 0.503 e. The highest BCUT2D eigenvalue weighted by molar-refractivity contribution is 9.11. The maximum atomic E-state index is 12.7. The van der Waals surface area contributed by atoms with Crippen molar-refractivity contribution in [1.82, 2.24) is 20.2 Å². The molecule has 0 aliphatic heterocycles. The number of carbonyl (C=O) groups excluding carboxylic acids is 1. The van der Waals surface area contributed by atoms with Crippen molar-refractivity contribution in [2.24, 2.45) is 5.10 Å². The maximum Gasteiger partial charge on any atom is 0.311 e. The number of para-hydroxylation sites is 1. The molecular weight excluding hydrogens is 542 g/mol. The number of halogens is 2. The molecule has 0 atom stereocenters. The number of rotatable bonds is 5. The number of benzene rings is 3. The highest BCUT2D eigenvalue weighted by Crippen LogP contribution is 2.40. The van der Waals surface area contributed by atoms with E-state index in [1.807, 2.05) is 60.7 Å². The van der Waals surface area contributed by atoms with Gasteiger partial charge in [-0.25, -0.2) is 15.1 Å². The van der Waals surface area contributed by atoms with Crippen molar-refractivity contribution in [3.05, 3.63) is 87.1 Å². The highest BCUT2D eigenvalue weighted by atomic mass is 79.9. The first-order valence-corrected chi connectivity index (χ1v) is 10.9. The SMILES string of the molecule is O=C(N/N=C\c1cc(Br)c(O)c(O)c1Br)c1nc(-c2ccccc2)n(-c2ccccc2)n1. The highest BCUT2D eigenvalue weighted by Gasteiger charge is 2.18. The van der Waals surface area contributed by atoms with Gasteiger partial charge in [0.2, 0.25) is 5.82 Å². The summed E-state index contributed by atoms with van der Waals surface area (Å²) >= 11 is 6.32. The Labute approximate surface area is 199 Å². The second kappa shape index (κ2) is 9.33. The average molecular weight is 557 g/mol. The van der Waals surface area contributed by atoms with Crippen LogP contribution in [-0.2, 0) is 0 Å². The molecule has 0 aliphatic carbocycles. The normalized spacial score (nSPS) is 11.1. The van der Waals surface area contributed by atoms with Gasteiger partial charge in [0.05, 0.1) is 20.8 Å². The molecule has 3 N–H and O–H groups in total. The number of phenols is 2. The molecule has 0 radical (unpaired) electrons. The minimum absolute atomic E-state index is 0.0568. The van der Waals surface area contributed by atoms with Crippen LogP contribution in [0.4, 0.5) is 0 Å². The molecule has 0 spiro atoms. The lowest BCUT2D eigenvalue weighted by Crippen LogP contribution is -2.19. The fraction of sp³-hybridized carbons (Fsp3) is 0. The second-order valence-corrected chi connectivity index (χ2v) is 8.18. The maximum absolute atomic E-state index is 12.7. The summed E-state index contributed by atoms with van der Waals surface area (Å²) in [6, 6.07) is 20.3. The predicted octanol–water partition coefficient (Wildman–Crippen LogP) is 4.63. The Morgan fingerprint density at radius 3 is 2.34 bits per heavy atom. The molecule has 8 nitrogen and oxygen atoms in total. The van der Waals surface area contributed by atoms with Crippen molar-refractivity contribution in [1.29, 1.82) is 0 Å². The number of aromatic nitrogens is 3. The minimum Gasteiger partial charge on any atom is -0.503 e. The van der Waals surface area contributed by atoms with Crippen molar-refractivity contribution < 1.29 is 15.0 Å². The molecular formula is C22H15Br2N5O3. The van der Waals surface area contributed by atoms with Crippen LogP contribution in [0.1, 0.15) is 16.2 Å². The monoisotopic (exact) mass is 555 g/mol. The Hall–Kier alpha value is -3.50. The second-order valence-electron chi connectivity index (χ2n) is 6.53. The first kappa shape index (κ1) is 21.7. The Kier molecular flexibility index (Phi) is 6.33. The van der Waals surface area contributed by atoms with Gasteiger partial charge in [0.1, 0.15) is 0 Å². The van der Waals surface area contributed by atoms with Gasteiger partial charge in [-0.05, 0) is 50.1 Å². The van der Waals surface area contributed by atoms with Crippen LogP contribution in [0.2, 0.25) is 0 Å². The Balaban J connectivity index is 1.62. The zero-order valence-corrected chi connectivity index (χ0v) is 19.4. The van der Waals surface area contributed by atoms with Crippen LogP contribution < -0.4 is 5.43 Å². The van der Waals surface area contributed by atoms with E-state index in [4.69, 9.17) is 0 Å². The fourth-order valence-corrected chi connectivity index (χ4v) is 3.70. The molecule has 0 saturated heterocycles. The van der Waals surface area contributed by atoms with Crippen LogP contribution in [0.15, 0.2) is 80.8 Å². The molecule has 1 heterocycles. The zero-order chi connectivity index (χ0) is 22.7. The van der Waals surface area contributed by atoms with Crippen molar-refractivity contribution >= 4 is 44.0 Å². The number of amides is 1. The number of phenolic OH excluding ortho intramolecular Hbond substituents is 2. The number of hydrogen-bond acceptors (Lipinski definition) is 6. The lowest BCUT2D eigenvalue weighted by atomic mass is 10.2. The van der Waals surface area contributed by atoms with Gasteiger partial charge in [0, 0.05) is 11.1 Å². The average Bonchev–Trinajstić information content (AvgIpc) is 3.28. The number of hydrazone groups is 1. The van der Waals surface area contributed by atoms with Gasteiger partial charge in [0.15, 0.2) is 17.3 Å². The molecule has 1 aromatic heterocycles. The molecule has 4 aromatic rings. The molecule has 32 heavy (non-hydrogen) atoms. The standard InChI is InChI=1S/C22H15Br2N5O3/c23-16-11-14(17(24)19(31)18(16)30)12-25-27-22(32)20-26-21(13-7-3-1-4-8-13)29(28-20)15-9-5-2-6-10-15/h1-12,30-31H,(H,27,32)/b25-12-. The summed E-state index contributed by atoms with van der Waals surface area (Å²) < 4.78 is 2.11. The molecule has 0 unspecified atom stereocenters. The van der Waals surface area contributed by atoms with Gasteiger partial charge in [-0.1, -0.05) is 48.5 Å². The summed E-state index contributed by atoms with van der Waals surface area (Å²) in [4.78, 5) is 17.1. The van der Waals surface area contributed by atoms with E-state index in [0.29, 0.717) is 11.4 Å². The van der Waals surface area contributed by atoms with E-state index < -0.39 is 5.91 Å². The molecule has 4 rings (SSSR count). The van der Waals surface area contributed by atoms with Gasteiger partial charge >= 0.3 is 5.91 Å². The third-order valence-electron chi connectivity index (χ3n) is 4.41. The van der Waals surface area contributed by atoms with Gasteiger partial charge < -0.3 is 10.2 Å². The Bertz CT molecular complexity index is 1250. The molecule has 1 amide bonds. The van der Waals surface area contributed by atoms with E-state index in [2.05, 4.69) is 52.5 Å². The lowest BCUT2D eigenvalue weighted by Gasteiger charge is -2.06. The summed E-state index contributed by atoms with van der Waals surface area (Å²) in [6.07, 6.45) is 1.32. The van der Waals surface area contributed by atoms with Gasteiger partial charge in [-0.15, -0.1) is 5.10 Å². The number of nitrogens with zero attached hydrogens (tertiary/aromatic N) is 4. The molecule has 10 heteroatoms. The van der Waals surface area contributed by atoms with Crippen LogP contribution in [0.5, 0.6) is 11.5 Å². The molecule has 0 aliphatic rings. The molecule has 0 saturated carbocycles. The summed E-state index contributed by atoms with van der Waals surface area (Å²) in [5, 5.41) is 27.9. The first-order chi connectivity index (χ1) is 15.5. The summed E-state index contributed by atoms with van der Waals surface area (Å²) in [5.74, 6) is -0.795. The first-order valence-electron chi connectivity index (χ1n) is 9.27.